The Bertz CT molecular complexity index is 5890. The lowest BCUT2D eigenvalue weighted by Gasteiger charge is -2.17. The van der Waals surface area contributed by atoms with Crippen LogP contribution in [0, 0.1) is 69.2 Å². The minimum atomic E-state index is 0.479. The van der Waals surface area contributed by atoms with Crippen LogP contribution in [0.3, 0.4) is 0 Å². The third-order valence-electron chi connectivity index (χ3n) is 21.7. The Hall–Kier alpha value is -12.8. The molecule has 9 heterocycles. The van der Waals surface area contributed by atoms with Crippen molar-refractivity contribution in [2.75, 3.05) is 0 Å². The van der Waals surface area contributed by atoms with Crippen molar-refractivity contribution in [3.63, 3.8) is 0 Å². The second kappa shape index (κ2) is 40.5. The molecule has 0 amide bonds. The van der Waals surface area contributed by atoms with E-state index in [4.69, 9.17) is 0 Å². The van der Waals surface area contributed by atoms with Gasteiger partial charge in [0.25, 0.3) is 0 Å². The van der Waals surface area contributed by atoms with E-state index in [0.29, 0.717) is 11.8 Å². The molecule has 0 saturated carbocycles. The van der Waals surface area contributed by atoms with Gasteiger partial charge in [-0.1, -0.05) is 155 Å². The molecule has 0 radical (unpaired) electrons. The summed E-state index contributed by atoms with van der Waals surface area (Å²) >= 11 is 0. The monoisotopic (exact) mass is 1550 g/mol. The van der Waals surface area contributed by atoms with Crippen LogP contribution in [-0.4, -0.2) is 23.3 Å². The standard InChI is InChI=1S/C21H28N3.C15H18N.C14H15N4.3C14H16N.C13H14N/c1-15(2)17-9-7-10-18(16(3)4)20(17)24-14-13-23(6)21(24)19-11-8-12-22(19)5;1-11-7-5-6-8-14(11)15-9-12(2)13(3)10-16(15)4;1-16-9-8-15-13(16)14-17(2)10-11-18(14)12-6-4-3-5-7-12;1-11-7-4-5-9-13(11)14-12(2)8-6-10-15(14)3;1-11-8-9-15(3)14(10-11)13-7-5-4-6-12(13)2;1-11-8-9-14(15(3)10-11)13-7-5-4-6-12(13)2;1-11-7-3-4-8-12(11)13-9-5-6-10-14(13)2/h7-16H,1-6H3;5-10H,1-4H3;3-11H,1-2H3;3*4-10H,1-3H3;3-10H,1-2H3/q7*+1. The second-order valence-electron chi connectivity index (χ2n) is 31.5. The summed E-state index contributed by atoms with van der Waals surface area (Å²) in [6.45, 7) is 30.5. The summed E-state index contributed by atoms with van der Waals surface area (Å²) in [4.78, 5) is 4.43. The topological polar surface area (TPSA) is 59.8 Å². The first kappa shape index (κ1) is 86.6. The lowest BCUT2D eigenvalue weighted by molar-refractivity contribution is -0.660. The molecule has 0 saturated heterocycles. The molecule has 0 N–H and O–H groups in total. The van der Waals surface area contributed by atoms with Gasteiger partial charge in [-0.05, 0) is 193 Å². The first-order valence-electron chi connectivity index (χ1n) is 40.6. The highest BCUT2D eigenvalue weighted by atomic mass is 15.2. The molecule has 0 bridgehead atoms. The maximum absolute atomic E-state index is 4.43. The number of hydrogen-bond donors (Lipinski definition) is 0. The van der Waals surface area contributed by atoms with Crippen LogP contribution in [0.15, 0.2) is 317 Å². The van der Waals surface area contributed by atoms with Crippen LogP contribution >= 0.6 is 0 Å². The van der Waals surface area contributed by atoms with E-state index in [0.717, 1.165) is 17.3 Å². The minimum absolute atomic E-state index is 0.479. The van der Waals surface area contributed by atoms with Crippen molar-refractivity contribution >= 4 is 0 Å². The van der Waals surface area contributed by atoms with Gasteiger partial charge in [-0.25, -0.2) is 37.0 Å². The number of rotatable bonds is 11. The highest BCUT2D eigenvalue weighted by molar-refractivity contribution is 5.66. The molecular weight excluding hydrogens is 1430 g/mol. The molecule has 7 aromatic carbocycles. The summed E-state index contributed by atoms with van der Waals surface area (Å²) < 4.78 is 23.8. The van der Waals surface area contributed by atoms with Gasteiger partial charge < -0.3 is 9.13 Å². The van der Waals surface area contributed by atoms with E-state index >= 15 is 0 Å². The van der Waals surface area contributed by atoms with Crippen molar-refractivity contribution in [1.29, 1.82) is 0 Å². The van der Waals surface area contributed by atoms with Crippen LogP contribution in [-0.2, 0) is 63.4 Å². The summed E-state index contributed by atoms with van der Waals surface area (Å²) in [5.74, 6) is 4.18. The molecule has 0 aliphatic heterocycles. The number of aromatic nitrogens is 12. The second-order valence-corrected chi connectivity index (χ2v) is 31.5. The van der Waals surface area contributed by atoms with E-state index in [2.05, 4.69) is 471 Å². The Morgan fingerprint density at radius 1 is 0.291 bits per heavy atom. The van der Waals surface area contributed by atoms with E-state index < -0.39 is 0 Å². The number of imidazole rings is 3. The molecule has 0 atom stereocenters. The first-order chi connectivity index (χ1) is 56.1. The van der Waals surface area contributed by atoms with Gasteiger partial charge in [-0.2, -0.15) is 9.13 Å². The summed E-state index contributed by atoms with van der Waals surface area (Å²) in [5, 5.41) is 0. The van der Waals surface area contributed by atoms with Crippen LogP contribution in [0.4, 0.5) is 0 Å². The van der Waals surface area contributed by atoms with E-state index in [-0.39, 0.29) is 0 Å². The number of para-hydroxylation sites is 2. The molecule has 16 rings (SSSR count). The molecule has 596 valence electrons. The van der Waals surface area contributed by atoms with Gasteiger partial charge in [0.05, 0.1) is 14.1 Å². The number of nitrogens with zero attached hydrogens (tertiary/aromatic N) is 12. The SMILES string of the molecule is CC(C)c1cccc(C(C)C)c1-n1cc[n+](C)c1-c1cccn1C.Cc1cc(-c2ccccc2C)[n+](C)cc1C.Cc1cc[n+](C)c(-c2ccccc2C)c1.Cc1ccc(-c2ccccc2C)[n+](C)c1.Cc1ccccc1-c1c(C)ccc[n+]1C.Cc1ccccc1-c1cccc[n+]1C.Cn1ccnc1-c1n(-c2ccccc2)cc[n+]1C. The Balaban J connectivity index is 0.000000145. The van der Waals surface area contributed by atoms with Crippen molar-refractivity contribution in [2.24, 2.45) is 63.4 Å². The van der Waals surface area contributed by atoms with Crippen LogP contribution < -0.4 is 32.0 Å². The van der Waals surface area contributed by atoms with Gasteiger partial charge in [0, 0.05) is 131 Å². The Labute approximate surface area is 697 Å². The summed E-state index contributed by atoms with van der Waals surface area (Å²) in [7, 11) is 18.7. The third-order valence-corrected chi connectivity index (χ3v) is 21.7. The molecule has 0 unspecified atom stereocenters. The zero-order chi connectivity index (χ0) is 84.1. The highest BCUT2D eigenvalue weighted by Gasteiger charge is 2.28. The van der Waals surface area contributed by atoms with Crippen molar-refractivity contribution < 1.29 is 32.0 Å². The van der Waals surface area contributed by atoms with Gasteiger partial charge >= 0.3 is 11.6 Å². The zero-order valence-corrected chi connectivity index (χ0v) is 73.5. The van der Waals surface area contributed by atoms with Gasteiger partial charge in [0.2, 0.25) is 34.3 Å². The average molecular weight is 1550 g/mol. The molecule has 117 heavy (non-hydrogen) atoms. The van der Waals surface area contributed by atoms with Crippen molar-refractivity contribution in [3.05, 3.63) is 384 Å². The normalized spacial score (nSPS) is 10.7. The van der Waals surface area contributed by atoms with Crippen molar-refractivity contribution in [2.45, 2.75) is 109 Å². The Kier molecular flexibility index (Phi) is 30.0. The molecule has 0 aliphatic rings. The van der Waals surface area contributed by atoms with Crippen LogP contribution in [0.5, 0.6) is 0 Å². The third kappa shape index (κ3) is 21.6. The lowest BCUT2D eigenvalue weighted by atomic mass is 9.92. The van der Waals surface area contributed by atoms with Crippen LogP contribution in [0.1, 0.15) is 106 Å². The van der Waals surface area contributed by atoms with Gasteiger partial charge in [-0.3, -0.25) is 0 Å². The van der Waals surface area contributed by atoms with Gasteiger partial charge in [0.1, 0.15) is 77.1 Å². The van der Waals surface area contributed by atoms with Crippen molar-refractivity contribution in [3.8, 4) is 90.8 Å². The Morgan fingerprint density at radius 3 is 1.25 bits per heavy atom. The Morgan fingerprint density at radius 2 is 0.752 bits per heavy atom. The quantitative estimate of drug-likeness (QED) is 0.119. The summed E-state index contributed by atoms with van der Waals surface area (Å²) in [6.07, 6.45) is 24.9. The fourth-order valence-corrected chi connectivity index (χ4v) is 14.9. The molecule has 16 aromatic rings. The number of pyridine rings is 5. The van der Waals surface area contributed by atoms with Crippen molar-refractivity contribution in [1.82, 2.24) is 23.3 Å². The van der Waals surface area contributed by atoms with E-state index in [1.165, 1.54) is 140 Å². The van der Waals surface area contributed by atoms with Crippen LogP contribution in [0.2, 0.25) is 0 Å². The summed E-state index contributed by atoms with van der Waals surface area (Å²) in [6, 6.07) is 85.2. The van der Waals surface area contributed by atoms with Gasteiger partial charge in [-0.15, -0.1) is 0 Å². The highest BCUT2D eigenvalue weighted by Crippen LogP contribution is 2.34. The summed E-state index contributed by atoms with van der Waals surface area (Å²) in [5.41, 5.74) is 32.6. The average Bonchev–Trinajstić information content (AvgIpc) is 1.65. The lowest BCUT2D eigenvalue weighted by Crippen LogP contribution is -2.31. The maximum atomic E-state index is 4.43. The zero-order valence-electron chi connectivity index (χ0n) is 73.5. The minimum Gasteiger partial charge on any atom is -0.344 e. The van der Waals surface area contributed by atoms with Gasteiger partial charge in [0.15, 0.2) is 31.0 Å². The smallest absolute Gasteiger partial charge is 0.330 e. The maximum Gasteiger partial charge on any atom is 0.330 e. The predicted molar refractivity (Wildman–Crippen MR) is 481 cm³/mol. The number of hydrogen-bond acceptors (Lipinski definition) is 1. The molecule has 12 nitrogen and oxygen atoms in total. The number of aryl methyl sites for hydroxylation is 19. The molecule has 9 aromatic heterocycles. The fourth-order valence-electron chi connectivity index (χ4n) is 14.9. The number of benzene rings is 7. The first-order valence-corrected chi connectivity index (χ1v) is 40.6. The molecule has 0 fully saturated rings. The molecular formula is C105H123N12+7. The van der Waals surface area contributed by atoms with Crippen LogP contribution in [0.25, 0.3) is 90.8 Å². The predicted octanol–water partition coefficient (Wildman–Crippen LogP) is 20.2. The molecule has 12 heteroatoms. The van der Waals surface area contributed by atoms with E-state index in [1.54, 1.807) is 0 Å². The molecule has 0 aliphatic carbocycles. The fraction of sp³-hybridized carbons (Fsp3) is 0.238. The van der Waals surface area contributed by atoms with E-state index in [1.807, 2.05) is 61.5 Å². The molecule has 0 spiro atoms. The van der Waals surface area contributed by atoms with E-state index in [9.17, 15) is 0 Å². The largest absolute Gasteiger partial charge is 0.344 e.